The minimum Gasteiger partial charge on any atom is -0.258 e. The second-order valence-corrected chi connectivity index (χ2v) is 6.97. The zero-order valence-corrected chi connectivity index (χ0v) is 12.3. The van der Waals surface area contributed by atoms with Gasteiger partial charge in [0.05, 0.1) is 10.6 Å². The molecule has 2 heterocycles. The van der Waals surface area contributed by atoms with E-state index < -0.39 is 10.0 Å². The number of allylic oxidation sites excluding steroid dienone is 1. The highest BCUT2D eigenvalue weighted by Gasteiger charge is 2.41. The molecule has 0 N–H and O–H groups in total. The maximum atomic E-state index is 12.6. The van der Waals surface area contributed by atoms with Crippen LogP contribution in [-0.4, -0.2) is 19.3 Å². The van der Waals surface area contributed by atoms with E-state index in [0.717, 1.165) is 24.8 Å². The Bertz CT molecular complexity index is 722. The van der Waals surface area contributed by atoms with Crippen molar-refractivity contribution in [1.29, 1.82) is 0 Å². The fourth-order valence-electron chi connectivity index (χ4n) is 2.68. The van der Waals surface area contributed by atoms with E-state index in [9.17, 15) is 8.42 Å². The maximum Gasteiger partial charge on any atom is 0.265 e. The molecule has 0 radical (unpaired) electrons. The molecular weight excluding hydrogens is 270 g/mol. The molecule has 3 rings (SSSR count). The predicted octanol–water partition coefficient (Wildman–Crippen LogP) is 2.87. The molecule has 0 aliphatic carbocycles. The minimum absolute atomic E-state index is 0.144. The molecule has 0 unspecified atom stereocenters. The number of fused-ring (bicyclic) bond motifs is 4. The Morgan fingerprint density at radius 2 is 2.15 bits per heavy atom. The van der Waals surface area contributed by atoms with Crippen molar-refractivity contribution in [3.63, 3.8) is 0 Å². The van der Waals surface area contributed by atoms with Gasteiger partial charge in [0, 0.05) is 18.9 Å². The fraction of sp³-hybridized carbons (Fsp3) is 0.375. The Labute approximate surface area is 120 Å². The van der Waals surface area contributed by atoms with Crippen LogP contribution in [0.5, 0.6) is 0 Å². The molecule has 2 bridgehead atoms. The Morgan fingerprint density at radius 3 is 2.95 bits per heavy atom. The van der Waals surface area contributed by atoms with Gasteiger partial charge in [-0.15, -0.1) is 0 Å². The van der Waals surface area contributed by atoms with E-state index in [1.165, 1.54) is 4.31 Å². The summed E-state index contributed by atoms with van der Waals surface area (Å²) < 4.78 is 26.6. The molecule has 0 spiro atoms. The molecule has 0 aromatic heterocycles. The largest absolute Gasteiger partial charge is 0.265 e. The van der Waals surface area contributed by atoms with Crippen molar-refractivity contribution in [1.82, 2.24) is 4.31 Å². The number of nitrogens with zero attached hydrogens (tertiary/aromatic N) is 1. The summed E-state index contributed by atoms with van der Waals surface area (Å²) in [4.78, 5) is 0.429. The molecule has 3 nitrogen and oxygen atoms in total. The molecule has 20 heavy (non-hydrogen) atoms. The molecular formula is C16H17NO2S. The highest BCUT2D eigenvalue weighted by molar-refractivity contribution is 7.89. The quantitative estimate of drug-likeness (QED) is 0.619. The first-order chi connectivity index (χ1) is 9.64. The monoisotopic (exact) mass is 287 g/mol. The van der Waals surface area contributed by atoms with Crippen LogP contribution in [0.2, 0.25) is 0 Å². The third kappa shape index (κ3) is 2.03. The lowest BCUT2D eigenvalue weighted by atomic mass is 10.0. The Morgan fingerprint density at radius 1 is 1.35 bits per heavy atom. The first-order valence-electron chi connectivity index (χ1n) is 6.97. The number of hydrogen-bond donors (Lipinski definition) is 0. The van der Waals surface area contributed by atoms with Crippen LogP contribution in [0.1, 0.15) is 37.7 Å². The smallest absolute Gasteiger partial charge is 0.258 e. The molecule has 1 aromatic carbocycles. The first kappa shape index (κ1) is 13.3. The van der Waals surface area contributed by atoms with E-state index in [4.69, 9.17) is 0 Å². The van der Waals surface area contributed by atoms with Crippen LogP contribution in [-0.2, 0) is 10.0 Å². The first-order valence-corrected chi connectivity index (χ1v) is 8.41. The SMILES string of the molecule is CCCCC#CC1=C[C@@H]2CN1S(=O)(=O)c1ccccc12. The van der Waals surface area contributed by atoms with Crippen molar-refractivity contribution in [2.24, 2.45) is 0 Å². The Hall–Kier alpha value is -1.73. The molecule has 2 aliphatic rings. The number of benzene rings is 1. The molecule has 1 atom stereocenters. The molecule has 0 saturated carbocycles. The van der Waals surface area contributed by atoms with Crippen LogP contribution < -0.4 is 0 Å². The van der Waals surface area contributed by atoms with Crippen molar-refractivity contribution in [3.05, 3.63) is 41.6 Å². The van der Waals surface area contributed by atoms with Crippen molar-refractivity contribution < 1.29 is 8.42 Å². The topological polar surface area (TPSA) is 37.4 Å². The third-order valence-electron chi connectivity index (χ3n) is 3.75. The molecule has 104 valence electrons. The number of rotatable bonds is 2. The standard InChI is InChI=1S/C16H17NO2S/c1-2-3-4-5-8-14-11-13-12-17(14)20(18,19)16-10-7-6-9-15(13)16/h6-7,9-11,13H,2-4,12H2,1H3/t13-/m1/s1. The van der Waals surface area contributed by atoms with Crippen LogP contribution in [0.4, 0.5) is 0 Å². The van der Waals surface area contributed by atoms with Crippen molar-refractivity contribution in [2.75, 3.05) is 6.54 Å². The normalized spacial score (nSPS) is 21.8. The predicted molar refractivity (Wildman–Crippen MR) is 78.5 cm³/mol. The zero-order valence-electron chi connectivity index (χ0n) is 11.5. The van der Waals surface area contributed by atoms with Gasteiger partial charge < -0.3 is 0 Å². The lowest BCUT2D eigenvalue weighted by Crippen LogP contribution is -2.33. The van der Waals surface area contributed by atoms with Gasteiger partial charge in [0.25, 0.3) is 10.0 Å². The van der Waals surface area contributed by atoms with Gasteiger partial charge in [-0.25, -0.2) is 8.42 Å². The van der Waals surface area contributed by atoms with Gasteiger partial charge in [-0.1, -0.05) is 37.5 Å². The van der Waals surface area contributed by atoms with Gasteiger partial charge in [0.15, 0.2) is 0 Å². The number of sulfonamides is 1. The molecule has 0 fully saturated rings. The maximum absolute atomic E-state index is 12.6. The summed E-state index contributed by atoms with van der Waals surface area (Å²) in [6.07, 6.45) is 4.96. The summed E-state index contributed by atoms with van der Waals surface area (Å²) in [5.41, 5.74) is 1.54. The summed E-state index contributed by atoms with van der Waals surface area (Å²) in [7, 11) is -3.42. The summed E-state index contributed by atoms with van der Waals surface area (Å²) in [5, 5.41) is 0. The van der Waals surface area contributed by atoms with Gasteiger partial charge in [-0.3, -0.25) is 4.31 Å². The molecule has 2 aliphatic heterocycles. The summed E-state index contributed by atoms with van der Waals surface area (Å²) in [5.74, 6) is 6.26. The van der Waals surface area contributed by atoms with E-state index in [1.54, 1.807) is 12.1 Å². The lowest BCUT2D eigenvalue weighted by Gasteiger charge is -2.27. The van der Waals surface area contributed by atoms with E-state index >= 15 is 0 Å². The zero-order chi connectivity index (χ0) is 14.2. The molecule has 1 aromatic rings. The Balaban J connectivity index is 1.98. The van der Waals surface area contributed by atoms with Crippen molar-refractivity contribution in [3.8, 4) is 11.8 Å². The Kier molecular flexibility index (Phi) is 3.31. The highest BCUT2D eigenvalue weighted by atomic mass is 32.2. The number of hydrogen-bond acceptors (Lipinski definition) is 2. The van der Waals surface area contributed by atoms with Crippen LogP contribution >= 0.6 is 0 Å². The summed E-state index contributed by atoms with van der Waals surface area (Å²) >= 11 is 0. The van der Waals surface area contributed by atoms with Gasteiger partial charge in [-0.05, 0) is 30.0 Å². The van der Waals surface area contributed by atoms with Crippen molar-refractivity contribution in [2.45, 2.75) is 37.0 Å². The van der Waals surface area contributed by atoms with Crippen LogP contribution in [0.3, 0.4) is 0 Å². The average molecular weight is 287 g/mol. The second kappa shape index (κ2) is 4.99. The van der Waals surface area contributed by atoms with E-state index in [0.29, 0.717) is 17.1 Å². The lowest BCUT2D eigenvalue weighted by molar-refractivity contribution is 0.481. The number of unbranched alkanes of at least 4 members (excludes halogenated alkanes) is 2. The van der Waals surface area contributed by atoms with Gasteiger partial charge in [0.2, 0.25) is 0 Å². The minimum atomic E-state index is -3.42. The van der Waals surface area contributed by atoms with Gasteiger partial charge >= 0.3 is 0 Å². The second-order valence-electron chi connectivity index (χ2n) is 5.14. The van der Waals surface area contributed by atoms with Gasteiger partial charge in [0.1, 0.15) is 0 Å². The summed E-state index contributed by atoms with van der Waals surface area (Å²) in [6, 6.07) is 7.25. The third-order valence-corrected chi connectivity index (χ3v) is 5.60. The fourth-order valence-corrected chi connectivity index (χ4v) is 4.41. The highest BCUT2D eigenvalue weighted by Crippen LogP contribution is 2.41. The van der Waals surface area contributed by atoms with E-state index in [1.807, 2.05) is 18.2 Å². The van der Waals surface area contributed by atoms with E-state index in [2.05, 4.69) is 18.8 Å². The van der Waals surface area contributed by atoms with Crippen LogP contribution in [0.25, 0.3) is 0 Å². The van der Waals surface area contributed by atoms with E-state index in [-0.39, 0.29) is 5.92 Å². The average Bonchev–Trinajstić information content (AvgIpc) is 2.85. The van der Waals surface area contributed by atoms with Crippen LogP contribution in [0.15, 0.2) is 40.9 Å². The molecule has 0 amide bonds. The van der Waals surface area contributed by atoms with Crippen molar-refractivity contribution >= 4 is 10.0 Å². The molecule has 0 saturated heterocycles. The van der Waals surface area contributed by atoms with Crippen LogP contribution in [0, 0.1) is 11.8 Å². The van der Waals surface area contributed by atoms with Gasteiger partial charge in [-0.2, -0.15) is 0 Å². The summed E-state index contributed by atoms with van der Waals surface area (Å²) in [6.45, 7) is 2.62. The molecule has 4 heteroatoms.